The molecule has 42 heavy (non-hydrogen) atoms. The second-order valence-electron chi connectivity index (χ2n) is 17.0. The Kier molecular flexibility index (Phi) is 7.15. The zero-order valence-corrected chi connectivity index (χ0v) is 26.9. The molecule has 0 bridgehead atoms. The lowest BCUT2D eigenvalue weighted by Crippen LogP contribution is -2.67. The average Bonchev–Trinajstić information content (AvgIpc) is 3.37. The van der Waals surface area contributed by atoms with Crippen LogP contribution in [0.4, 0.5) is 0 Å². The molecule has 0 aromatic carbocycles. The van der Waals surface area contributed by atoms with E-state index in [1.165, 1.54) is 69.8 Å². The number of ether oxygens (including phenoxy) is 1. The fourth-order valence-electron chi connectivity index (χ4n) is 12.9. The van der Waals surface area contributed by atoms with Gasteiger partial charge in [-0.25, -0.2) is 0 Å². The minimum atomic E-state index is -0.630. The van der Waals surface area contributed by atoms with Crippen LogP contribution in [0.15, 0.2) is 23.3 Å². The predicted octanol–water partition coefficient (Wildman–Crippen LogP) is 7.29. The van der Waals surface area contributed by atoms with Crippen LogP contribution in [0.5, 0.6) is 0 Å². The number of hydrogen-bond donors (Lipinski definition) is 3. The highest BCUT2D eigenvalue weighted by Crippen LogP contribution is 2.75. The van der Waals surface area contributed by atoms with Crippen LogP contribution in [0, 0.1) is 51.8 Å². The van der Waals surface area contributed by atoms with Crippen molar-refractivity contribution >= 4 is 5.97 Å². The third kappa shape index (κ3) is 4.21. The van der Waals surface area contributed by atoms with E-state index in [-0.39, 0.29) is 11.5 Å². The quantitative estimate of drug-likeness (QED) is 0.308. The number of allylic oxidation sites excluding steroid dienone is 4. The van der Waals surface area contributed by atoms with Gasteiger partial charge in [0.2, 0.25) is 0 Å². The molecule has 10 atom stereocenters. The third-order valence-corrected chi connectivity index (χ3v) is 15.5. The summed E-state index contributed by atoms with van der Waals surface area (Å²) in [5.74, 6) is 2.83. The van der Waals surface area contributed by atoms with Gasteiger partial charge in [-0.05, 0) is 147 Å². The molecule has 0 aromatic heterocycles. The van der Waals surface area contributed by atoms with Crippen LogP contribution in [0.3, 0.4) is 0 Å². The SMILES string of the molecule is CC1C(C2=CCC(C(=O)O)CC2)=CCC2(C)C1CCC1(C)C2CCC2C3CCCC3(NCCC3(O)COC3)CC[C@]21C. The molecule has 0 aromatic rings. The Labute approximate surface area is 254 Å². The van der Waals surface area contributed by atoms with Crippen molar-refractivity contribution in [2.45, 2.75) is 129 Å². The van der Waals surface area contributed by atoms with E-state index >= 15 is 0 Å². The molecule has 0 spiro atoms. The maximum atomic E-state index is 11.5. The van der Waals surface area contributed by atoms with Crippen molar-refractivity contribution in [1.82, 2.24) is 5.32 Å². The zero-order valence-electron chi connectivity index (χ0n) is 26.9. The Morgan fingerprint density at radius 1 is 0.952 bits per heavy atom. The lowest BCUT2D eigenvalue weighted by atomic mass is 9.34. The fraction of sp³-hybridized carbons (Fsp3) is 0.865. The normalized spacial score (nSPS) is 49.4. The Morgan fingerprint density at radius 3 is 2.45 bits per heavy atom. The van der Waals surface area contributed by atoms with Crippen molar-refractivity contribution in [3.8, 4) is 0 Å². The van der Waals surface area contributed by atoms with Crippen molar-refractivity contribution in [2.24, 2.45) is 51.8 Å². The van der Waals surface area contributed by atoms with Gasteiger partial charge < -0.3 is 20.3 Å². The number of nitrogens with one attached hydrogen (secondary N) is 1. The molecule has 7 rings (SSSR count). The highest BCUT2D eigenvalue weighted by molar-refractivity contribution is 5.70. The number of carboxylic acid groups (broad SMARTS) is 1. The molecule has 6 aliphatic carbocycles. The maximum absolute atomic E-state index is 11.5. The lowest BCUT2D eigenvalue weighted by molar-refractivity contribution is -0.213. The molecular weight excluding hydrogens is 522 g/mol. The summed E-state index contributed by atoms with van der Waals surface area (Å²) in [5.41, 5.74) is 3.83. The second-order valence-corrected chi connectivity index (χ2v) is 17.0. The number of rotatable bonds is 6. The van der Waals surface area contributed by atoms with Crippen molar-refractivity contribution in [3.63, 3.8) is 0 Å². The van der Waals surface area contributed by atoms with Crippen LogP contribution < -0.4 is 5.32 Å². The van der Waals surface area contributed by atoms with Gasteiger partial charge in [0.1, 0.15) is 5.60 Å². The molecule has 5 nitrogen and oxygen atoms in total. The molecule has 1 saturated heterocycles. The van der Waals surface area contributed by atoms with Gasteiger partial charge in [0.05, 0.1) is 19.1 Å². The summed E-state index contributed by atoms with van der Waals surface area (Å²) in [6.45, 7) is 12.5. The summed E-state index contributed by atoms with van der Waals surface area (Å²) >= 11 is 0. The average molecular weight is 580 g/mol. The highest BCUT2D eigenvalue weighted by atomic mass is 16.5. The molecule has 4 saturated carbocycles. The van der Waals surface area contributed by atoms with E-state index < -0.39 is 11.6 Å². The van der Waals surface area contributed by atoms with E-state index in [1.54, 1.807) is 5.57 Å². The number of hydrogen-bond acceptors (Lipinski definition) is 4. The molecule has 1 heterocycles. The van der Waals surface area contributed by atoms with E-state index in [0.29, 0.717) is 41.8 Å². The van der Waals surface area contributed by atoms with Crippen LogP contribution in [-0.2, 0) is 9.53 Å². The molecule has 5 heteroatoms. The Morgan fingerprint density at radius 2 is 1.76 bits per heavy atom. The van der Waals surface area contributed by atoms with Crippen LogP contribution >= 0.6 is 0 Å². The second kappa shape index (κ2) is 10.2. The van der Waals surface area contributed by atoms with Gasteiger partial charge in [0.15, 0.2) is 0 Å². The Hall–Kier alpha value is -1.17. The Balaban J connectivity index is 1.11. The monoisotopic (exact) mass is 579 g/mol. The molecule has 5 fully saturated rings. The van der Waals surface area contributed by atoms with E-state index in [0.717, 1.165) is 49.5 Å². The van der Waals surface area contributed by atoms with Gasteiger partial charge in [-0.15, -0.1) is 0 Å². The zero-order chi connectivity index (χ0) is 29.5. The van der Waals surface area contributed by atoms with Crippen LogP contribution in [-0.4, -0.2) is 47.1 Å². The molecule has 1 aliphatic heterocycles. The molecule has 9 unspecified atom stereocenters. The topological polar surface area (TPSA) is 78.8 Å². The molecular formula is C37H57NO4. The van der Waals surface area contributed by atoms with Crippen LogP contribution in [0.25, 0.3) is 0 Å². The molecule has 234 valence electrons. The number of aliphatic carboxylic acids is 1. The van der Waals surface area contributed by atoms with E-state index in [4.69, 9.17) is 4.74 Å². The van der Waals surface area contributed by atoms with Crippen molar-refractivity contribution in [1.29, 1.82) is 0 Å². The summed E-state index contributed by atoms with van der Waals surface area (Å²) in [5, 5.41) is 24.2. The summed E-state index contributed by atoms with van der Waals surface area (Å²) in [6, 6.07) is 0. The standard InChI is InChI=1S/C37H57NO4/c1-24-27(25-7-9-26(10-8-25)32(39)40)13-16-33(2)28(24)14-17-35(4)31(33)12-11-29-30-6-5-15-37(30,19-18-34(29,35)3)38-21-20-36(41)22-42-23-36/h7,13,24,26,28-31,38,41H,5-6,8-12,14-23H2,1-4H3,(H,39,40)/t24?,26?,28?,29?,30?,31?,33?,34-,35?,37?/m1/s1. The van der Waals surface area contributed by atoms with Gasteiger partial charge in [0.25, 0.3) is 0 Å². The summed E-state index contributed by atoms with van der Waals surface area (Å²) in [7, 11) is 0. The smallest absolute Gasteiger partial charge is 0.306 e. The van der Waals surface area contributed by atoms with Crippen molar-refractivity contribution in [2.75, 3.05) is 19.8 Å². The summed E-state index contributed by atoms with van der Waals surface area (Å²) < 4.78 is 5.31. The lowest BCUT2D eigenvalue weighted by Gasteiger charge is -2.71. The van der Waals surface area contributed by atoms with Crippen LogP contribution in [0.1, 0.15) is 118 Å². The van der Waals surface area contributed by atoms with E-state index in [9.17, 15) is 15.0 Å². The van der Waals surface area contributed by atoms with Gasteiger partial charge in [-0.2, -0.15) is 0 Å². The maximum Gasteiger partial charge on any atom is 0.306 e. The number of fused-ring (bicyclic) bond motifs is 7. The first-order valence-electron chi connectivity index (χ1n) is 17.6. The van der Waals surface area contributed by atoms with Gasteiger partial charge in [-0.3, -0.25) is 4.79 Å². The Bertz CT molecular complexity index is 1160. The first-order chi connectivity index (χ1) is 19.9. The molecule has 0 radical (unpaired) electrons. The van der Waals surface area contributed by atoms with Crippen molar-refractivity contribution < 1.29 is 19.7 Å². The molecule has 0 amide bonds. The summed E-state index contributed by atoms with van der Waals surface area (Å²) in [4.78, 5) is 11.5. The minimum Gasteiger partial charge on any atom is -0.481 e. The van der Waals surface area contributed by atoms with Gasteiger partial charge in [-0.1, -0.05) is 46.3 Å². The van der Waals surface area contributed by atoms with Crippen molar-refractivity contribution in [3.05, 3.63) is 23.3 Å². The van der Waals surface area contributed by atoms with Gasteiger partial charge in [0, 0.05) is 5.54 Å². The highest BCUT2D eigenvalue weighted by Gasteiger charge is 2.68. The molecule has 3 N–H and O–H groups in total. The minimum absolute atomic E-state index is 0.196. The first kappa shape index (κ1) is 29.5. The number of aliphatic hydroxyl groups is 1. The molecule has 7 aliphatic rings. The van der Waals surface area contributed by atoms with E-state index in [1.807, 2.05) is 0 Å². The van der Waals surface area contributed by atoms with E-state index in [2.05, 4.69) is 45.2 Å². The summed E-state index contributed by atoms with van der Waals surface area (Å²) in [6.07, 6.45) is 21.5. The third-order valence-electron chi connectivity index (χ3n) is 15.5. The largest absolute Gasteiger partial charge is 0.481 e. The number of carbonyl (C=O) groups is 1. The van der Waals surface area contributed by atoms with Gasteiger partial charge >= 0.3 is 5.97 Å². The number of carboxylic acids is 1. The van der Waals surface area contributed by atoms with Crippen LogP contribution in [0.2, 0.25) is 0 Å². The predicted molar refractivity (Wildman–Crippen MR) is 166 cm³/mol. The fourth-order valence-corrected chi connectivity index (χ4v) is 12.9. The first-order valence-corrected chi connectivity index (χ1v) is 17.6.